The Kier molecular flexibility index (Phi) is 6.51. The molecule has 1 aliphatic heterocycles. The van der Waals surface area contributed by atoms with E-state index in [-0.39, 0.29) is 12.4 Å². The van der Waals surface area contributed by atoms with E-state index in [4.69, 9.17) is 20.4 Å². The molecule has 2 atom stereocenters. The number of nitrogens with two attached hydrogens (primary N) is 1. The number of benzene rings is 2. The van der Waals surface area contributed by atoms with Crippen LogP contribution in [0.15, 0.2) is 60.9 Å². The SMILES string of the molecule is CC(C)(C)C(=O)ON1CC[C@H](n2nc(-c3ccc(Oc4ccccc4)cc3)c3c(N)ncnc32)[C@@H](F)C1. The first-order chi connectivity index (χ1) is 17.7. The van der Waals surface area contributed by atoms with Gasteiger partial charge in [0, 0.05) is 12.1 Å². The second kappa shape index (κ2) is 9.78. The quantitative estimate of drug-likeness (QED) is 0.406. The number of alkyl halides is 1. The lowest BCUT2D eigenvalue weighted by Gasteiger charge is -2.34. The Labute approximate surface area is 214 Å². The molecule has 2 aromatic heterocycles. The molecule has 0 spiro atoms. The molecule has 2 aromatic carbocycles. The van der Waals surface area contributed by atoms with Gasteiger partial charge in [0.15, 0.2) is 5.65 Å². The molecule has 9 nitrogen and oxygen atoms in total. The number of para-hydroxylation sites is 1. The number of fused-ring (bicyclic) bond motifs is 1. The topological polar surface area (TPSA) is 108 Å². The van der Waals surface area contributed by atoms with Gasteiger partial charge in [-0.05, 0) is 63.6 Å². The second-order valence-electron chi connectivity index (χ2n) is 10.1. The molecule has 5 rings (SSSR count). The van der Waals surface area contributed by atoms with E-state index < -0.39 is 23.6 Å². The van der Waals surface area contributed by atoms with E-state index in [1.165, 1.54) is 11.4 Å². The minimum Gasteiger partial charge on any atom is -0.457 e. The smallest absolute Gasteiger partial charge is 0.330 e. The highest BCUT2D eigenvalue weighted by Crippen LogP contribution is 2.36. The third-order valence-electron chi connectivity index (χ3n) is 6.23. The first-order valence-corrected chi connectivity index (χ1v) is 12.1. The zero-order valence-corrected chi connectivity index (χ0v) is 21.0. The molecule has 0 saturated carbocycles. The number of nitrogen functional groups attached to an aromatic ring is 1. The van der Waals surface area contributed by atoms with Crippen molar-refractivity contribution in [1.82, 2.24) is 24.8 Å². The largest absolute Gasteiger partial charge is 0.457 e. The number of nitrogens with zero attached hydrogens (tertiary/aromatic N) is 5. The lowest BCUT2D eigenvalue weighted by atomic mass is 9.97. The number of ether oxygens (including phenoxy) is 1. The van der Waals surface area contributed by atoms with Gasteiger partial charge in [-0.15, -0.1) is 5.06 Å². The van der Waals surface area contributed by atoms with Crippen LogP contribution in [-0.2, 0) is 9.63 Å². The number of hydroxylamine groups is 2. The fraction of sp³-hybridized carbons (Fsp3) is 0.333. The van der Waals surface area contributed by atoms with Gasteiger partial charge in [-0.3, -0.25) is 0 Å². The van der Waals surface area contributed by atoms with Gasteiger partial charge in [-0.2, -0.15) is 5.10 Å². The Hall–Kier alpha value is -4.05. The van der Waals surface area contributed by atoms with Gasteiger partial charge in [-0.25, -0.2) is 23.8 Å². The van der Waals surface area contributed by atoms with E-state index >= 15 is 4.39 Å². The zero-order valence-electron chi connectivity index (χ0n) is 21.0. The molecule has 10 heteroatoms. The Morgan fingerprint density at radius 1 is 1.05 bits per heavy atom. The van der Waals surface area contributed by atoms with Crippen LogP contribution in [0.2, 0.25) is 0 Å². The lowest BCUT2D eigenvalue weighted by Crippen LogP contribution is -2.45. The van der Waals surface area contributed by atoms with Crippen molar-refractivity contribution in [2.45, 2.75) is 39.4 Å². The summed E-state index contributed by atoms with van der Waals surface area (Å²) in [5.74, 6) is 1.27. The van der Waals surface area contributed by atoms with Gasteiger partial charge in [0.05, 0.1) is 23.4 Å². The number of rotatable bonds is 5. The van der Waals surface area contributed by atoms with Crippen molar-refractivity contribution in [3.63, 3.8) is 0 Å². The first-order valence-electron chi connectivity index (χ1n) is 12.1. The number of hydrogen-bond donors (Lipinski definition) is 1. The van der Waals surface area contributed by atoms with Crippen molar-refractivity contribution in [2.24, 2.45) is 5.41 Å². The van der Waals surface area contributed by atoms with E-state index in [0.29, 0.717) is 35.4 Å². The predicted molar refractivity (Wildman–Crippen MR) is 137 cm³/mol. The van der Waals surface area contributed by atoms with Gasteiger partial charge >= 0.3 is 5.97 Å². The van der Waals surface area contributed by atoms with Crippen LogP contribution >= 0.6 is 0 Å². The number of anilines is 1. The molecule has 1 fully saturated rings. The summed E-state index contributed by atoms with van der Waals surface area (Å²) in [6, 6.07) is 16.3. The number of piperidine rings is 1. The Morgan fingerprint density at radius 2 is 1.76 bits per heavy atom. The summed E-state index contributed by atoms with van der Waals surface area (Å²) >= 11 is 0. The van der Waals surface area contributed by atoms with Crippen LogP contribution in [0.1, 0.15) is 33.2 Å². The Balaban J connectivity index is 1.41. The van der Waals surface area contributed by atoms with Crippen molar-refractivity contribution in [1.29, 1.82) is 0 Å². The molecular weight excluding hydrogens is 475 g/mol. The molecule has 3 heterocycles. The van der Waals surface area contributed by atoms with Crippen LogP contribution in [0.5, 0.6) is 11.5 Å². The molecule has 0 radical (unpaired) electrons. The van der Waals surface area contributed by atoms with E-state index in [1.807, 2.05) is 54.6 Å². The minimum atomic E-state index is -1.34. The maximum atomic E-state index is 15.4. The lowest BCUT2D eigenvalue weighted by molar-refractivity contribution is -0.210. The number of carbonyl (C=O) groups is 1. The summed E-state index contributed by atoms with van der Waals surface area (Å²) in [5.41, 5.74) is 7.36. The molecule has 0 aliphatic carbocycles. The molecule has 1 saturated heterocycles. The number of halogens is 1. The fourth-order valence-corrected chi connectivity index (χ4v) is 4.21. The van der Waals surface area contributed by atoms with E-state index in [2.05, 4.69) is 9.97 Å². The Morgan fingerprint density at radius 3 is 2.43 bits per heavy atom. The van der Waals surface area contributed by atoms with E-state index in [9.17, 15) is 4.79 Å². The maximum absolute atomic E-state index is 15.4. The van der Waals surface area contributed by atoms with Crippen LogP contribution in [0, 0.1) is 5.41 Å². The molecule has 0 unspecified atom stereocenters. The number of carbonyl (C=O) groups excluding carboxylic acids is 1. The predicted octanol–water partition coefficient (Wildman–Crippen LogP) is 4.96. The normalized spacial score (nSPS) is 18.6. The fourth-order valence-electron chi connectivity index (χ4n) is 4.21. The summed E-state index contributed by atoms with van der Waals surface area (Å²) < 4.78 is 22.9. The zero-order chi connectivity index (χ0) is 26.2. The van der Waals surface area contributed by atoms with Crippen LogP contribution < -0.4 is 10.5 Å². The summed E-state index contributed by atoms with van der Waals surface area (Å²) in [4.78, 5) is 26.2. The van der Waals surface area contributed by atoms with E-state index in [1.54, 1.807) is 25.5 Å². The number of hydrogen-bond acceptors (Lipinski definition) is 8. The maximum Gasteiger partial charge on any atom is 0.330 e. The third kappa shape index (κ3) is 5.10. The minimum absolute atomic E-state index is 0.0603. The van der Waals surface area contributed by atoms with Crippen LogP contribution in [0.3, 0.4) is 0 Å². The number of aromatic nitrogens is 4. The molecule has 2 N–H and O–H groups in total. The first kappa shape index (κ1) is 24.6. The molecule has 0 bridgehead atoms. The summed E-state index contributed by atoms with van der Waals surface area (Å²) in [5, 5.41) is 6.71. The summed E-state index contributed by atoms with van der Waals surface area (Å²) in [7, 11) is 0. The highest BCUT2D eigenvalue weighted by Gasteiger charge is 2.36. The van der Waals surface area contributed by atoms with Crippen molar-refractivity contribution in [3.05, 3.63) is 60.9 Å². The molecular formula is C27H29FN6O3. The van der Waals surface area contributed by atoms with Gasteiger partial charge < -0.3 is 15.3 Å². The Bertz CT molecular complexity index is 1400. The molecule has 4 aromatic rings. The average Bonchev–Trinajstić information content (AvgIpc) is 3.25. The highest BCUT2D eigenvalue weighted by molar-refractivity contribution is 5.98. The summed E-state index contributed by atoms with van der Waals surface area (Å²) in [6.45, 7) is 5.59. The highest BCUT2D eigenvalue weighted by atomic mass is 19.1. The standard InChI is InChI=1S/C27H29FN6O3/c1-27(2,3)26(35)37-33-14-13-21(20(28)15-33)34-25-22(24(29)30-16-31-25)23(32-34)17-9-11-19(12-10-17)36-18-7-5-4-6-8-18/h4-12,16,20-21H,13-15H2,1-3H3,(H2,29,30,31)/t20-,21-/m0/s1. The second-order valence-corrected chi connectivity index (χ2v) is 10.1. The molecule has 37 heavy (non-hydrogen) atoms. The van der Waals surface area contributed by atoms with Gasteiger partial charge in [-0.1, -0.05) is 18.2 Å². The van der Waals surface area contributed by atoms with Crippen molar-refractivity contribution < 1.29 is 18.8 Å². The van der Waals surface area contributed by atoms with Crippen LogP contribution in [0.4, 0.5) is 10.2 Å². The van der Waals surface area contributed by atoms with Gasteiger partial charge in [0.1, 0.15) is 35.5 Å². The van der Waals surface area contributed by atoms with Crippen molar-refractivity contribution in [2.75, 3.05) is 18.8 Å². The van der Waals surface area contributed by atoms with Crippen LogP contribution in [-0.4, -0.2) is 50.0 Å². The van der Waals surface area contributed by atoms with Gasteiger partial charge in [0.2, 0.25) is 0 Å². The third-order valence-corrected chi connectivity index (χ3v) is 6.23. The molecule has 0 amide bonds. The van der Waals surface area contributed by atoms with E-state index in [0.717, 1.165) is 11.3 Å². The average molecular weight is 505 g/mol. The molecule has 1 aliphatic rings. The molecule has 192 valence electrons. The van der Waals surface area contributed by atoms with Crippen molar-refractivity contribution >= 4 is 22.8 Å². The van der Waals surface area contributed by atoms with Crippen LogP contribution in [0.25, 0.3) is 22.3 Å². The summed E-state index contributed by atoms with van der Waals surface area (Å²) in [6.07, 6.45) is 0.391. The van der Waals surface area contributed by atoms with Gasteiger partial charge in [0.25, 0.3) is 0 Å². The monoisotopic (exact) mass is 504 g/mol. The van der Waals surface area contributed by atoms with Crippen molar-refractivity contribution in [3.8, 4) is 22.8 Å².